The molecule has 3 unspecified atom stereocenters. The monoisotopic (exact) mass is 512 g/mol. The predicted octanol–water partition coefficient (Wildman–Crippen LogP) is 3.72. The zero-order valence-corrected chi connectivity index (χ0v) is 18.9. The summed E-state index contributed by atoms with van der Waals surface area (Å²) < 4.78 is 59.7. The lowest BCUT2D eigenvalue weighted by Crippen LogP contribution is -2.43. The van der Waals surface area contributed by atoms with Gasteiger partial charge in [0.15, 0.2) is 34.4 Å². The lowest BCUT2D eigenvalue weighted by molar-refractivity contribution is -0.0486. The molecule has 8 nitrogen and oxygen atoms in total. The second-order valence-corrected chi connectivity index (χ2v) is 9.01. The Kier molecular flexibility index (Phi) is 6.15. The van der Waals surface area contributed by atoms with Crippen LogP contribution in [0.25, 0.3) is 11.3 Å². The van der Waals surface area contributed by atoms with Crippen molar-refractivity contribution in [3.63, 3.8) is 0 Å². The second-order valence-electron chi connectivity index (χ2n) is 7.53. The molecule has 0 aliphatic carbocycles. The Morgan fingerprint density at radius 3 is 2.65 bits per heavy atom. The third-order valence-corrected chi connectivity index (χ3v) is 6.52. The van der Waals surface area contributed by atoms with Gasteiger partial charge in [-0.3, -0.25) is 4.98 Å². The number of hydrogen-bond donors (Lipinski definition) is 1. The molecule has 178 valence electrons. The minimum atomic E-state index is -1.57. The predicted molar refractivity (Wildman–Crippen MR) is 114 cm³/mol. The van der Waals surface area contributed by atoms with Crippen LogP contribution >= 0.6 is 23.4 Å². The largest absolute Gasteiger partial charge is 0.494 e. The van der Waals surface area contributed by atoms with Crippen molar-refractivity contribution in [2.45, 2.75) is 29.2 Å². The zero-order valence-electron chi connectivity index (χ0n) is 17.4. The van der Waals surface area contributed by atoms with Gasteiger partial charge in [-0.15, -0.1) is 5.10 Å². The number of thioether (sulfide) groups is 1. The molecule has 34 heavy (non-hydrogen) atoms. The highest BCUT2D eigenvalue weighted by Gasteiger charge is 2.51. The molecule has 1 N–H and O–H groups in total. The number of rotatable bonds is 5. The Morgan fingerprint density at radius 1 is 1.18 bits per heavy atom. The summed E-state index contributed by atoms with van der Waals surface area (Å²) in [7, 11) is 1.44. The van der Waals surface area contributed by atoms with E-state index in [-0.39, 0.29) is 17.9 Å². The van der Waals surface area contributed by atoms with E-state index < -0.39 is 41.8 Å². The van der Waals surface area contributed by atoms with E-state index in [1.165, 1.54) is 35.9 Å². The molecular weight excluding hydrogens is 497 g/mol. The third-order valence-electron chi connectivity index (χ3n) is 5.37. The van der Waals surface area contributed by atoms with E-state index in [1.807, 2.05) is 0 Å². The van der Waals surface area contributed by atoms with Crippen molar-refractivity contribution in [2.24, 2.45) is 0 Å². The summed E-state index contributed by atoms with van der Waals surface area (Å²) in [5.74, 6) is -3.93. The van der Waals surface area contributed by atoms with Crippen LogP contribution < -0.4 is 0 Å². The molecule has 1 aromatic carbocycles. The summed E-state index contributed by atoms with van der Waals surface area (Å²) in [6.45, 7) is 0.0232. The van der Waals surface area contributed by atoms with Gasteiger partial charge in [0, 0.05) is 22.9 Å². The highest BCUT2D eigenvalue weighted by Crippen LogP contribution is 2.45. The summed E-state index contributed by atoms with van der Waals surface area (Å²) in [4.78, 5) is 4.72. The number of ether oxygens (including phenoxy) is 3. The number of aliphatic hydroxyl groups excluding tert-OH is 1. The van der Waals surface area contributed by atoms with E-state index in [9.17, 15) is 18.3 Å². The number of fused-ring (bicyclic) bond motifs is 1. The summed E-state index contributed by atoms with van der Waals surface area (Å²) in [5, 5.41) is 19.3. The van der Waals surface area contributed by atoms with Gasteiger partial charge in [0.05, 0.1) is 24.9 Å². The van der Waals surface area contributed by atoms with Crippen LogP contribution in [0.15, 0.2) is 52.5 Å². The third kappa shape index (κ3) is 4.11. The highest BCUT2D eigenvalue weighted by molar-refractivity contribution is 8.03. The number of methoxy groups -OCH3 is 1. The molecule has 0 spiro atoms. The van der Waals surface area contributed by atoms with Gasteiger partial charge in [-0.1, -0.05) is 16.8 Å². The van der Waals surface area contributed by atoms with Crippen LogP contribution in [-0.2, 0) is 14.2 Å². The smallest absolute Gasteiger partial charge is 0.199 e. The average Bonchev–Trinajstić information content (AvgIpc) is 3.44. The topological polar surface area (TPSA) is 91.5 Å². The number of aliphatic hydroxyl groups is 1. The Morgan fingerprint density at radius 2 is 1.94 bits per heavy atom. The molecule has 13 heteroatoms. The van der Waals surface area contributed by atoms with Crippen molar-refractivity contribution in [3.05, 3.63) is 70.1 Å². The van der Waals surface area contributed by atoms with Gasteiger partial charge in [0.1, 0.15) is 23.9 Å². The number of nitrogens with zero attached hydrogens (tertiary/aromatic N) is 4. The zero-order chi connectivity index (χ0) is 24.0. The molecule has 4 heterocycles. The van der Waals surface area contributed by atoms with E-state index in [0.29, 0.717) is 20.8 Å². The Bertz CT molecular complexity index is 1250. The lowest BCUT2D eigenvalue weighted by atomic mass is 10.0. The molecule has 2 aromatic heterocycles. The van der Waals surface area contributed by atoms with Gasteiger partial charge < -0.3 is 19.3 Å². The number of pyridine rings is 1. The molecule has 4 atom stereocenters. The molecule has 0 amide bonds. The maximum Gasteiger partial charge on any atom is 0.199 e. The Labute approximate surface area is 200 Å². The van der Waals surface area contributed by atoms with E-state index >= 15 is 0 Å². The fourth-order valence-electron chi connectivity index (χ4n) is 3.84. The van der Waals surface area contributed by atoms with Gasteiger partial charge >= 0.3 is 0 Å². The first-order chi connectivity index (χ1) is 16.4. The summed E-state index contributed by atoms with van der Waals surface area (Å²) in [6, 6.07) is 2.62. The number of halogens is 4. The van der Waals surface area contributed by atoms with Crippen molar-refractivity contribution < 1.29 is 32.5 Å². The first kappa shape index (κ1) is 23.0. The van der Waals surface area contributed by atoms with Crippen LogP contribution in [0.4, 0.5) is 13.2 Å². The average molecular weight is 513 g/mol. The fourth-order valence-corrected chi connectivity index (χ4v) is 5.06. The molecule has 1 saturated heterocycles. The number of benzene rings is 1. The van der Waals surface area contributed by atoms with Gasteiger partial charge in [-0.25, -0.2) is 17.9 Å². The number of aromatic nitrogens is 4. The van der Waals surface area contributed by atoms with Gasteiger partial charge in [-0.2, -0.15) is 0 Å². The molecule has 2 aliphatic rings. The molecule has 0 radical (unpaired) electrons. The van der Waals surface area contributed by atoms with Gasteiger partial charge in [-0.05, 0) is 30.0 Å². The van der Waals surface area contributed by atoms with E-state index in [0.717, 1.165) is 12.1 Å². The summed E-state index contributed by atoms with van der Waals surface area (Å²) >= 11 is 7.23. The Balaban J connectivity index is 1.55. The Hall–Kier alpha value is -2.80. The SMILES string of the molecule is COC1=C(Sc2cncc(Cl)c2)OC2C(O)CO[C@@H]2C1n1cc(-c2cc(F)c(F)c(F)c2)nn1. The first-order valence-electron chi connectivity index (χ1n) is 9.95. The van der Waals surface area contributed by atoms with E-state index in [1.54, 1.807) is 12.3 Å². The normalized spacial score (nSPS) is 24.2. The maximum absolute atomic E-state index is 13.7. The minimum Gasteiger partial charge on any atom is -0.494 e. The standard InChI is InChI=1S/C21H16ClF3N4O4S/c1-31-20-17(29-7-14(27-28-29)9-2-12(23)16(25)13(24)3-9)19-18(15(30)8-32-19)33-21(20)34-11-4-10(22)5-26-6-11/h2-7,15,17-19,30H,8H2,1H3/t15?,17?,18?,19-/m1/s1. The van der Waals surface area contributed by atoms with Gasteiger partial charge in [0.25, 0.3) is 0 Å². The van der Waals surface area contributed by atoms with Crippen molar-refractivity contribution >= 4 is 23.4 Å². The molecule has 0 saturated carbocycles. The fraction of sp³-hybridized carbons (Fsp3) is 0.286. The lowest BCUT2D eigenvalue weighted by Gasteiger charge is -2.35. The van der Waals surface area contributed by atoms with Crippen molar-refractivity contribution in [1.82, 2.24) is 20.0 Å². The molecule has 1 fully saturated rings. The summed E-state index contributed by atoms with van der Waals surface area (Å²) in [6.07, 6.45) is 2.16. The summed E-state index contributed by atoms with van der Waals surface area (Å²) in [5.41, 5.74) is 0.101. The minimum absolute atomic E-state index is 0.00109. The number of hydrogen-bond acceptors (Lipinski definition) is 8. The quantitative estimate of drug-likeness (QED) is 0.517. The molecule has 5 rings (SSSR count). The van der Waals surface area contributed by atoms with Crippen LogP contribution in [0.1, 0.15) is 6.04 Å². The van der Waals surface area contributed by atoms with Crippen LogP contribution in [0.3, 0.4) is 0 Å². The van der Waals surface area contributed by atoms with Crippen LogP contribution in [0.2, 0.25) is 5.02 Å². The van der Waals surface area contributed by atoms with E-state index in [4.69, 9.17) is 25.8 Å². The second kappa shape index (κ2) is 9.10. The van der Waals surface area contributed by atoms with Crippen molar-refractivity contribution in [2.75, 3.05) is 13.7 Å². The van der Waals surface area contributed by atoms with Gasteiger partial charge in [0.2, 0.25) is 0 Å². The highest BCUT2D eigenvalue weighted by atomic mass is 35.5. The maximum atomic E-state index is 13.7. The van der Waals surface area contributed by atoms with Crippen molar-refractivity contribution in [3.8, 4) is 11.3 Å². The van der Waals surface area contributed by atoms with Crippen molar-refractivity contribution in [1.29, 1.82) is 0 Å². The van der Waals surface area contributed by atoms with Crippen LogP contribution in [-0.4, -0.2) is 57.1 Å². The molecule has 0 bridgehead atoms. The van der Waals surface area contributed by atoms with E-state index in [2.05, 4.69) is 15.3 Å². The molecule has 2 aliphatic heterocycles. The molecule has 3 aromatic rings. The first-order valence-corrected chi connectivity index (χ1v) is 11.1. The van der Waals surface area contributed by atoms with Crippen LogP contribution in [0.5, 0.6) is 0 Å². The van der Waals surface area contributed by atoms with Crippen LogP contribution in [0, 0.1) is 17.5 Å². The molecular formula is C21H16ClF3N4O4S.